The van der Waals surface area contributed by atoms with E-state index in [1.807, 2.05) is 18.2 Å². The highest BCUT2D eigenvalue weighted by Gasteiger charge is 2.22. The van der Waals surface area contributed by atoms with Gasteiger partial charge in [-0.1, -0.05) is 23.4 Å². The second-order valence-corrected chi connectivity index (χ2v) is 3.66. The fourth-order valence-electron chi connectivity index (χ4n) is 1.95. The first-order valence-electron chi connectivity index (χ1n) is 5.11. The van der Waals surface area contributed by atoms with Gasteiger partial charge in [0.1, 0.15) is 0 Å². The lowest BCUT2D eigenvalue weighted by molar-refractivity contribution is 0.254. The van der Waals surface area contributed by atoms with E-state index in [-0.39, 0.29) is 0 Å². The zero-order valence-corrected chi connectivity index (χ0v) is 8.76. The largest absolute Gasteiger partial charge is 0.411 e. The normalized spacial score (nSPS) is 18.0. The Bertz CT molecular complexity index is 443. The van der Waals surface area contributed by atoms with E-state index >= 15 is 0 Å². The molecule has 0 aliphatic carbocycles. The maximum absolute atomic E-state index is 11.3. The highest BCUT2D eigenvalue weighted by molar-refractivity contribution is 6.08. The first-order valence-corrected chi connectivity index (χ1v) is 5.11. The summed E-state index contributed by atoms with van der Waals surface area (Å²) in [6.45, 7) is 0.547. The number of hydrogen-bond donors (Lipinski definition) is 2. The van der Waals surface area contributed by atoms with Crippen LogP contribution in [0.3, 0.4) is 0 Å². The Labute approximate surface area is 93.2 Å². The van der Waals surface area contributed by atoms with Gasteiger partial charge in [0.2, 0.25) is 0 Å². The van der Waals surface area contributed by atoms with Crippen molar-refractivity contribution in [1.82, 2.24) is 0 Å². The van der Waals surface area contributed by atoms with Crippen molar-refractivity contribution in [2.75, 3.05) is 11.4 Å². The second kappa shape index (κ2) is 4.22. The van der Waals surface area contributed by atoms with Crippen LogP contribution in [-0.4, -0.2) is 23.5 Å². The third kappa shape index (κ3) is 1.71. The molecule has 0 fully saturated rings. The van der Waals surface area contributed by atoms with Gasteiger partial charge in [0, 0.05) is 12.1 Å². The van der Waals surface area contributed by atoms with Crippen molar-refractivity contribution in [3.05, 3.63) is 29.8 Å². The van der Waals surface area contributed by atoms with Crippen LogP contribution in [0.15, 0.2) is 29.4 Å². The SMILES string of the molecule is NC(=O)N1CCC/C(=N/O)c2ccccc21. The minimum Gasteiger partial charge on any atom is -0.411 e. The molecule has 3 N–H and O–H groups in total. The van der Waals surface area contributed by atoms with Crippen molar-refractivity contribution >= 4 is 17.4 Å². The lowest BCUT2D eigenvalue weighted by Crippen LogP contribution is -2.36. The van der Waals surface area contributed by atoms with Crippen LogP contribution >= 0.6 is 0 Å². The lowest BCUT2D eigenvalue weighted by Gasteiger charge is -2.19. The Morgan fingerprint density at radius 2 is 2.19 bits per heavy atom. The average Bonchev–Trinajstić information content (AvgIpc) is 2.47. The van der Waals surface area contributed by atoms with Crippen LogP contribution in [0.5, 0.6) is 0 Å². The topological polar surface area (TPSA) is 78.9 Å². The predicted octanol–water partition coefficient (Wildman–Crippen LogP) is 1.54. The number of nitrogens with zero attached hydrogens (tertiary/aromatic N) is 2. The average molecular weight is 219 g/mol. The number of hydrogen-bond acceptors (Lipinski definition) is 3. The van der Waals surface area contributed by atoms with Gasteiger partial charge in [-0.05, 0) is 18.9 Å². The molecule has 2 rings (SSSR count). The van der Waals surface area contributed by atoms with Crippen molar-refractivity contribution in [1.29, 1.82) is 0 Å². The van der Waals surface area contributed by atoms with E-state index in [4.69, 9.17) is 10.9 Å². The summed E-state index contributed by atoms with van der Waals surface area (Å²) < 4.78 is 0. The molecule has 0 atom stereocenters. The molecule has 0 radical (unpaired) electrons. The van der Waals surface area contributed by atoms with Crippen molar-refractivity contribution < 1.29 is 10.0 Å². The third-order valence-electron chi connectivity index (χ3n) is 2.69. The number of carbonyl (C=O) groups excluding carboxylic acids is 1. The zero-order valence-electron chi connectivity index (χ0n) is 8.76. The summed E-state index contributed by atoms with van der Waals surface area (Å²) in [6, 6.07) is 6.82. The van der Waals surface area contributed by atoms with Crippen LogP contribution in [0.4, 0.5) is 10.5 Å². The fraction of sp³-hybridized carbons (Fsp3) is 0.273. The molecule has 0 unspecified atom stereocenters. The molecule has 1 heterocycles. The van der Waals surface area contributed by atoms with Gasteiger partial charge in [-0.25, -0.2) is 4.79 Å². The van der Waals surface area contributed by atoms with Gasteiger partial charge in [0.15, 0.2) is 0 Å². The number of anilines is 1. The summed E-state index contributed by atoms with van der Waals surface area (Å²) in [4.78, 5) is 12.8. The molecule has 1 aliphatic heterocycles. The molecular formula is C11H13N3O2. The van der Waals surface area contributed by atoms with Crippen LogP contribution in [0.1, 0.15) is 18.4 Å². The minimum absolute atomic E-state index is 0.480. The molecule has 1 aromatic carbocycles. The van der Waals surface area contributed by atoms with Gasteiger partial charge in [-0.15, -0.1) is 0 Å². The Balaban J connectivity index is 2.54. The van der Waals surface area contributed by atoms with Crippen LogP contribution in [0.25, 0.3) is 0 Å². The number of para-hydroxylation sites is 1. The maximum atomic E-state index is 11.3. The van der Waals surface area contributed by atoms with Crippen molar-refractivity contribution in [3.63, 3.8) is 0 Å². The van der Waals surface area contributed by atoms with Gasteiger partial charge >= 0.3 is 6.03 Å². The monoisotopic (exact) mass is 219 g/mol. The van der Waals surface area contributed by atoms with Gasteiger partial charge in [0.05, 0.1) is 11.4 Å². The molecule has 5 nitrogen and oxygen atoms in total. The van der Waals surface area contributed by atoms with E-state index in [1.165, 1.54) is 4.90 Å². The van der Waals surface area contributed by atoms with E-state index in [1.54, 1.807) is 6.07 Å². The number of fused-ring (bicyclic) bond motifs is 1. The molecule has 0 saturated carbocycles. The third-order valence-corrected chi connectivity index (χ3v) is 2.69. The highest BCUT2D eigenvalue weighted by atomic mass is 16.4. The van der Waals surface area contributed by atoms with Crippen LogP contribution < -0.4 is 10.6 Å². The number of amides is 2. The number of primary amides is 1. The fourth-order valence-corrected chi connectivity index (χ4v) is 1.95. The predicted molar refractivity (Wildman–Crippen MR) is 60.9 cm³/mol. The molecule has 1 aromatic rings. The molecule has 16 heavy (non-hydrogen) atoms. The summed E-state index contributed by atoms with van der Waals surface area (Å²) >= 11 is 0. The molecular weight excluding hydrogens is 206 g/mol. The number of oxime groups is 1. The number of urea groups is 1. The Morgan fingerprint density at radius 1 is 1.44 bits per heavy atom. The second-order valence-electron chi connectivity index (χ2n) is 3.66. The number of benzene rings is 1. The molecule has 2 amide bonds. The van der Waals surface area contributed by atoms with E-state index in [9.17, 15) is 4.79 Å². The highest BCUT2D eigenvalue weighted by Crippen LogP contribution is 2.26. The first-order chi connectivity index (χ1) is 7.74. The van der Waals surface area contributed by atoms with E-state index in [0.717, 1.165) is 12.0 Å². The molecule has 1 aliphatic rings. The molecule has 0 bridgehead atoms. The summed E-state index contributed by atoms with van der Waals surface area (Å²) in [5, 5.41) is 12.2. The van der Waals surface area contributed by atoms with Crippen molar-refractivity contribution in [2.24, 2.45) is 10.9 Å². The van der Waals surface area contributed by atoms with E-state index in [2.05, 4.69) is 5.16 Å². The summed E-state index contributed by atoms with van der Waals surface area (Å²) in [5.74, 6) is 0. The number of nitrogens with two attached hydrogens (primary N) is 1. The first kappa shape index (κ1) is 10.5. The molecule has 0 aromatic heterocycles. The molecule has 0 spiro atoms. The van der Waals surface area contributed by atoms with Gasteiger partial charge in [-0.3, -0.25) is 4.90 Å². The van der Waals surface area contributed by atoms with E-state index < -0.39 is 6.03 Å². The van der Waals surface area contributed by atoms with Gasteiger partial charge in [0.25, 0.3) is 0 Å². The molecule has 5 heteroatoms. The molecule has 0 saturated heterocycles. The Morgan fingerprint density at radius 3 is 2.88 bits per heavy atom. The van der Waals surface area contributed by atoms with Gasteiger partial charge in [-0.2, -0.15) is 0 Å². The summed E-state index contributed by atoms with van der Waals surface area (Å²) in [5.41, 5.74) is 7.39. The quantitative estimate of drug-likeness (QED) is 0.512. The van der Waals surface area contributed by atoms with E-state index in [0.29, 0.717) is 24.4 Å². The smallest absolute Gasteiger partial charge is 0.319 e. The summed E-state index contributed by atoms with van der Waals surface area (Å²) in [7, 11) is 0. The van der Waals surface area contributed by atoms with Crippen LogP contribution in [0, 0.1) is 0 Å². The summed E-state index contributed by atoms with van der Waals surface area (Å²) in [6.07, 6.45) is 1.37. The van der Waals surface area contributed by atoms with Crippen LogP contribution in [-0.2, 0) is 0 Å². The minimum atomic E-state index is -0.480. The standard InChI is InChI=1S/C11H13N3O2/c12-11(15)14-7-3-5-9(13-16)8-4-1-2-6-10(8)14/h1-2,4,6,16H,3,5,7H2,(H2,12,15)/b13-9-. The number of carbonyl (C=O) groups is 1. The zero-order chi connectivity index (χ0) is 11.5. The number of rotatable bonds is 0. The van der Waals surface area contributed by atoms with Gasteiger partial charge < -0.3 is 10.9 Å². The van der Waals surface area contributed by atoms with Crippen molar-refractivity contribution in [3.8, 4) is 0 Å². The maximum Gasteiger partial charge on any atom is 0.319 e. The Kier molecular flexibility index (Phi) is 2.76. The molecule has 84 valence electrons. The van der Waals surface area contributed by atoms with Crippen molar-refractivity contribution in [2.45, 2.75) is 12.8 Å². The Hall–Kier alpha value is -2.04. The van der Waals surface area contributed by atoms with Crippen LogP contribution in [0.2, 0.25) is 0 Å². The lowest BCUT2D eigenvalue weighted by atomic mass is 10.1.